The lowest BCUT2D eigenvalue weighted by atomic mass is 9.79. The summed E-state index contributed by atoms with van der Waals surface area (Å²) in [6.07, 6.45) is 3.87. The quantitative estimate of drug-likeness (QED) is 0.884. The van der Waals surface area contributed by atoms with Crippen LogP contribution < -0.4 is 10.1 Å². The van der Waals surface area contributed by atoms with E-state index in [-0.39, 0.29) is 0 Å². The summed E-state index contributed by atoms with van der Waals surface area (Å²) >= 11 is 6.21. The first kappa shape index (κ1) is 12.3. The summed E-state index contributed by atoms with van der Waals surface area (Å²) in [6.45, 7) is 4.45. The molecule has 3 rings (SSSR count). The summed E-state index contributed by atoms with van der Waals surface area (Å²) in [4.78, 5) is 0. The molecule has 1 spiro atoms. The molecule has 1 heterocycles. The molecule has 1 aromatic carbocycles. The fourth-order valence-corrected chi connectivity index (χ4v) is 3.89. The van der Waals surface area contributed by atoms with Crippen molar-refractivity contribution in [3.8, 4) is 5.75 Å². The first-order valence-electron chi connectivity index (χ1n) is 6.68. The molecule has 2 aliphatic rings. The molecular formula is C15H20ClNO. The van der Waals surface area contributed by atoms with Gasteiger partial charge < -0.3 is 10.1 Å². The Labute approximate surface area is 114 Å². The van der Waals surface area contributed by atoms with E-state index in [1.807, 2.05) is 6.07 Å². The lowest BCUT2D eigenvalue weighted by molar-refractivity contribution is 0.175. The first-order chi connectivity index (χ1) is 8.63. The fourth-order valence-electron chi connectivity index (χ4n) is 3.61. The van der Waals surface area contributed by atoms with Crippen molar-refractivity contribution in [2.45, 2.75) is 32.1 Å². The van der Waals surface area contributed by atoms with Crippen LogP contribution in [0.25, 0.3) is 0 Å². The summed E-state index contributed by atoms with van der Waals surface area (Å²) in [5.74, 6) is 1.65. The number of halogens is 1. The van der Waals surface area contributed by atoms with E-state index >= 15 is 0 Å². The van der Waals surface area contributed by atoms with Gasteiger partial charge in [0.2, 0.25) is 0 Å². The van der Waals surface area contributed by atoms with Crippen LogP contribution in [-0.2, 0) is 0 Å². The number of methoxy groups -OCH3 is 1. The number of aryl methyl sites for hydroxylation is 1. The second kappa shape index (κ2) is 4.43. The zero-order valence-corrected chi connectivity index (χ0v) is 11.8. The Morgan fingerprint density at radius 3 is 2.72 bits per heavy atom. The van der Waals surface area contributed by atoms with Crippen LogP contribution in [-0.4, -0.2) is 20.2 Å². The van der Waals surface area contributed by atoms with E-state index in [1.54, 1.807) is 7.11 Å². The maximum Gasteiger partial charge on any atom is 0.125 e. The van der Waals surface area contributed by atoms with Gasteiger partial charge in [-0.3, -0.25) is 0 Å². The molecule has 0 amide bonds. The molecule has 1 unspecified atom stereocenters. The Kier molecular flexibility index (Phi) is 3.03. The highest BCUT2D eigenvalue weighted by Crippen LogP contribution is 2.51. The molecule has 98 valence electrons. The van der Waals surface area contributed by atoms with Gasteiger partial charge in [-0.1, -0.05) is 11.6 Å². The predicted octanol–water partition coefficient (Wildman–Crippen LogP) is 3.51. The van der Waals surface area contributed by atoms with Gasteiger partial charge in [0.15, 0.2) is 0 Å². The van der Waals surface area contributed by atoms with Crippen molar-refractivity contribution < 1.29 is 4.74 Å². The van der Waals surface area contributed by atoms with Crippen molar-refractivity contribution in [2.24, 2.45) is 5.41 Å². The van der Waals surface area contributed by atoms with Gasteiger partial charge >= 0.3 is 0 Å². The van der Waals surface area contributed by atoms with Gasteiger partial charge in [-0.05, 0) is 60.8 Å². The van der Waals surface area contributed by atoms with Gasteiger partial charge in [0.1, 0.15) is 5.75 Å². The molecule has 2 fully saturated rings. The molecule has 1 aromatic rings. The first-order valence-corrected chi connectivity index (χ1v) is 7.06. The van der Waals surface area contributed by atoms with E-state index in [9.17, 15) is 0 Å². The molecule has 3 heteroatoms. The Morgan fingerprint density at radius 2 is 2.17 bits per heavy atom. The van der Waals surface area contributed by atoms with Crippen LogP contribution in [0.4, 0.5) is 0 Å². The smallest absolute Gasteiger partial charge is 0.125 e. The molecule has 1 saturated heterocycles. The highest BCUT2D eigenvalue weighted by molar-refractivity contribution is 6.30. The van der Waals surface area contributed by atoms with E-state index in [0.29, 0.717) is 11.3 Å². The number of nitrogens with one attached hydrogen (secondary N) is 1. The molecule has 1 aliphatic carbocycles. The summed E-state index contributed by atoms with van der Waals surface area (Å²) in [6, 6.07) is 4.09. The maximum absolute atomic E-state index is 6.21. The molecule has 0 radical (unpaired) electrons. The molecule has 0 bridgehead atoms. The monoisotopic (exact) mass is 265 g/mol. The van der Waals surface area contributed by atoms with Crippen LogP contribution in [0, 0.1) is 12.3 Å². The third kappa shape index (κ3) is 1.92. The minimum atomic E-state index is 0.561. The number of hydrogen-bond donors (Lipinski definition) is 1. The average molecular weight is 266 g/mol. The van der Waals surface area contributed by atoms with Crippen molar-refractivity contribution >= 4 is 11.6 Å². The lowest BCUT2D eigenvalue weighted by Gasteiger charge is -2.39. The van der Waals surface area contributed by atoms with Gasteiger partial charge in [0.05, 0.1) is 7.11 Å². The summed E-state index contributed by atoms with van der Waals surface area (Å²) in [7, 11) is 1.76. The minimum absolute atomic E-state index is 0.561. The normalized spacial score (nSPS) is 25.2. The number of benzene rings is 1. The fraction of sp³-hybridized carbons (Fsp3) is 0.600. The third-order valence-corrected chi connectivity index (χ3v) is 4.83. The van der Waals surface area contributed by atoms with E-state index in [4.69, 9.17) is 16.3 Å². The summed E-state index contributed by atoms with van der Waals surface area (Å²) in [5.41, 5.74) is 3.02. The lowest BCUT2D eigenvalue weighted by Crippen LogP contribution is -2.51. The standard InChI is InChI=1S/C15H20ClNO/c1-10-5-12(16)6-13(14(10)18-2)11-3-4-15(7-11)8-17-9-15/h5-6,11,17H,3-4,7-9H2,1-2H3. The molecule has 1 aliphatic heterocycles. The molecule has 1 N–H and O–H groups in total. The highest BCUT2D eigenvalue weighted by Gasteiger charge is 2.44. The van der Waals surface area contributed by atoms with Crippen LogP contribution in [0.3, 0.4) is 0 Å². The van der Waals surface area contributed by atoms with Crippen LogP contribution in [0.15, 0.2) is 12.1 Å². The Hall–Kier alpha value is -0.730. The van der Waals surface area contributed by atoms with Crippen molar-refractivity contribution in [1.29, 1.82) is 0 Å². The van der Waals surface area contributed by atoms with Crippen LogP contribution >= 0.6 is 11.6 Å². The van der Waals surface area contributed by atoms with Crippen LogP contribution in [0.2, 0.25) is 5.02 Å². The SMILES string of the molecule is COc1c(C)cc(Cl)cc1C1CCC2(CNC2)C1. The molecule has 0 aromatic heterocycles. The van der Waals surface area contributed by atoms with E-state index in [0.717, 1.165) is 16.3 Å². The zero-order valence-electron chi connectivity index (χ0n) is 11.1. The largest absolute Gasteiger partial charge is 0.496 e. The number of rotatable bonds is 2. The summed E-state index contributed by atoms with van der Waals surface area (Å²) < 4.78 is 5.59. The van der Waals surface area contributed by atoms with Crippen molar-refractivity contribution in [3.63, 3.8) is 0 Å². The molecular weight excluding hydrogens is 246 g/mol. The Morgan fingerprint density at radius 1 is 1.39 bits per heavy atom. The number of hydrogen-bond acceptors (Lipinski definition) is 2. The summed E-state index contributed by atoms with van der Waals surface area (Å²) in [5, 5.41) is 4.24. The van der Waals surface area contributed by atoms with Gasteiger partial charge in [-0.15, -0.1) is 0 Å². The van der Waals surface area contributed by atoms with Crippen molar-refractivity contribution in [2.75, 3.05) is 20.2 Å². The third-order valence-electron chi connectivity index (χ3n) is 4.61. The van der Waals surface area contributed by atoms with Crippen molar-refractivity contribution in [3.05, 3.63) is 28.3 Å². The Balaban J connectivity index is 1.92. The van der Waals surface area contributed by atoms with E-state index in [1.165, 1.54) is 37.9 Å². The van der Waals surface area contributed by atoms with Gasteiger partial charge in [0, 0.05) is 18.1 Å². The molecule has 1 saturated carbocycles. The molecule has 18 heavy (non-hydrogen) atoms. The van der Waals surface area contributed by atoms with Gasteiger partial charge in [-0.25, -0.2) is 0 Å². The Bertz CT molecular complexity index is 468. The topological polar surface area (TPSA) is 21.3 Å². The molecule has 2 nitrogen and oxygen atoms in total. The van der Waals surface area contributed by atoms with Crippen molar-refractivity contribution in [1.82, 2.24) is 5.32 Å². The maximum atomic E-state index is 6.21. The predicted molar refractivity (Wildman–Crippen MR) is 74.6 cm³/mol. The van der Waals surface area contributed by atoms with E-state index < -0.39 is 0 Å². The minimum Gasteiger partial charge on any atom is -0.496 e. The average Bonchev–Trinajstić information content (AvgIpc) is 2.72. The second-order valence-corrected chi connectivity index (χ2v) is 6.32. The van der Waals surface area contributed by atoms with Gasteiger partial charge in [-0.2, -0.15) is 0 Å². The molecule has 1 atom stereocenters. The number of ether oxygens (including phenoxy) is 1. The van der Waals surface area contributed by atoms with Gasteiger partial charge in [0.25, 0.3) is 0 Å². The van der Waals surface area contributed by atoms with Crippen LogP contribution in [0.5, 0.6) is 5.75 Å². The second-order valence-electron chi connectivity index (χ2n) is 5.89. The zero-order chi connectivity index (χ0) is 12.8. The van der Waals surface area contributed by atoms with Crippen LogP contribution in [0.1, 0.15) is 36.3 Å². The van der Waals surface area contributed by atoms with E-state index in [2.05, 4.69) is 18.3 Å². The highest BCUT2D eigenvalue weighted by atomic mass is 35.5.